The number of hydrogen-bond acceptors (Lipinski definition) is 2. The predicted molar refractivity (Wildman–Crippen MR) is 41.8 cm³/mol. The molecule has 1 aromatic carbocycles. The van der Waals surface area contributed by atoms with Crippen LogP contribution in [0.1, 0.15) is 18.1 Å². The molecule has 59 valence electrons. The van der Waals surface area contributed by atoms with Crippen LogP contribution in [0.3, 0.4) is 0 Å². The molecule has 2 nitrogen and oxygen atoms in total. The van der Waals surface area contributed by atoms with Gasteiger partial charge in [-0.1, -0.05) is 18.2 Å². The average Bonchev–Trinajstić information content (AvgIpc) is 1.86. The number of aryl methyl sites for hydroxylation is 1. The Morgan fingerprint density at radius 2 is 2.09 bits per heavy atom. The number of aliphatic hydroxyl groups is 2. The van der Waals surface area contributed by atoms with Crippen molar-refractivity contribution in [2.24, 2.45) is 0 Å². The maximum atomic E-state index is 9.16. The Balaban J connectivity index is 3.06. The molecule has 0 heterocycles. The van der Waals surface area contributed by atoms with Gasteiger partial charge in [0.1, 0.15) is 0 Å². The molecule has 0 aliphatic heterocycles. The lowest BCUT2D eigenvalue weighted by atomic mass is 10.1. The summed E-state index contributed by atoms with van der Waals surface area (Å²) in [7, 11) is 0. The molecular weight excluding hydrogens is 140 g/mol. The molecule has 2 heteroatoms. The molecule has 0 fully saturated rings. The molecule has 0 atom stereocenters. The Kier molecular flexibility index (Phi) is 1.98. The first-order valence-corrected chi connectivity index (χ1v) is 3.44. The highest BCUT2D eigenvalue weighted by Crippen LogP contribution is 2.16. The fraction of sp³-hybridized carbons (Fsp3) is 0.333. The van der Waals surface area contributed by atoms with E-state index in [4.69, 9.17) is 10.2 Å². The van der Waals surface area contributed by atoms with Crippen molar-refractivity contribution in [3.05, 3.63) is 35.4 Å². The van der Waals surface area contributed by atoms with Gasteiger partial charge in [0.05, 0.1) is 0 Å². The van der Waals surface area contributed by atoms with E-state index in [1.807, 2.05) is 6.92 Å². The van der Waals surface area contributed by atoms with Gasteiger partial charge in [0.15, 0.2) is 5.79 Å². The normalized spacial score (nSPS) is 11.6. The van der Waals surface area contributed by atoms with Gasteiger partial charge in [0, 0.05) is 5.56 Å². The fourth-order valence-corrected chi connectivity index (χ4v) is 0.881. The molecule has 0 aromatic heterocycles. The minimum absolute atomic E-state index is 0.494. The summed E-state index contributed by atoms with van der Waals surface area (Å²) < 4.78 is 0. The van der Waals surface area contributed by atoms with Crippen LogP contribution in [0.5, 0.6) is 0 Å². The number of benzene rings is 1. The van der Waals surface area contributed by atoms with Crippen LogP contribution in [-0.2, 0) is 5.79 Å². The van der Waals surface area contributed by atoms with Crippen molar-refractivity contribution in [3.8, 4) is 0 Å². The monoisotopic (exact) mass is 151 g/mol. The fourth-order valence-electron chi connectivity index (χ4n) is 0.881. The molecule has 0 aliphatic rings. The summed E-state index contributed by atoms with van der Waals surface area (Å²) in [4.78, 5) is 0. The molecule has 1 aromatic rings. The highest BCUT2D eigenvalue weighted by Gasteiger charge is 2.17. The van der Waals surface area contributed by atoms with Crippen molar-refractivity contribution >= 4 is 0 Å². The second kappa shape index (κ2) is 2.64. The topological polar surface area (TPSA) is 40.5 Å². The van der Waals surface area contributed by atoms with E-state index in [9.17, 15) is 0 Å². The van der Waals surface area contributed by atoms with Gasteiger partial charge in [0.25, 0.3) is 0 Å². The van der Waals surface area contributed by atoms with Crippen molar-refractivity contribution in [2.75, 3.05) is 0 Å². The predicted octanol–water partition coefficient (Wildman–Crippen LogP) is 0.953. The van der Waals surface area contributed by atoms with Crippen molar-refractivity contribution in [2.45, 2.75) is 19.6 Å². The van der Waals surface area contributed by atoms with Crippen LogP contribution < -0.4 is 0 Å². The Labute approximate surface area is 66.1 Å². The van der Waals surface area contributed by atoms with E-state index < -0.39 is 5.79 Å². The summed E-state index contributed by atoms with van der Waals surface area (Å²) in [5, 5.41) is 18.3. The largest absolute Gasteiger partial charge is 0.362 e. The third kappa shape index (κ3) is 2.03. The summed E-state index contributed by atoms with van der Waals surface area (Å²) >= 11 is 0. The van der Waals surface area contributed by atoms with Gasteiger partial charge >= 0.3 is 0 Å². The lowest BCUT2D eigenvalue weighted by molar-refractivity contribution is -0.152. The molecule has 11 heavy (non-hydrogen) atoms. The lowest BCUT2D eigenvalue weighted by Crippen LogP contribution is -2.19. The quantitative estimate of drug-likeness (QED) is 0.587. The first-order valence-electron chi connectivity index (χ1n) is 3.44. The van der Waals surface area contributed by atoms with E-state index in [1.165, 1.54) is 6.92 Å². The molecule has 0 unspecified atom stereocenters. The molecule has 2 N–H and O–H groups in total. The smallest absolute Gasteiger partial charge is 0.186 e. The van der Waals surface area contributed by atoms with Gasteiger partial charge in [-0.05, 0) is 25.5 Å². The van der Waals surface area contributed by atoms with Gasteiger partial charge in [-0.15, -0.1) is 0 Å². The molecule has 0 bridgehead atoms. The minimum Gasteiger partial charge on any atom is -0.362 e. The molecule has 1 rings (SSSR count). The average molecular weight is 151 g/mol. The molecule has 0 amide bonds. The number of rotatable bonds is 1. The van der Waals surface area contributed by atoms with Crippen LogP contribution in [-0.4, -0.2) is 10.2 Å². The Hall–Kier alpha value is -0.860. The third-order valence-corrected chi connectivity index (χ3v) is 1.49. The zero-order chi connectivity index (χ0) is 8.48. The molecule has 0 spiro atoms. The van der Waals surface area contributed by atoms with Crippen LogP contribution in [0.4, 0.5) is 0 Å². The summed E-state index contributed by atoms with van der Waals surface area (Å²) in [5.41, 5.74) is 1.39. The highest BCUT2D eigenvalue weighted by atomic mass is 16.5. The first-order chi connectivity index (χ1) is 5.00. The first kappa shape index (κ1) is 8.24. The maximum Gasteiger partial charge on any atom is 0.186 e. The minimum atomic E-state index is -1.74. The van der Waals surface area contributed by atoms with Gasteiger partial charge < -0.3 is 10.2 Å². The van der Waals surface area contributed by atoms with Crippen LogP contribution in [0.2, 0.25) is 0 Å². The van der Waals surface area contributed by atoms with Crippen LogP contribution in [0, 0.1) is 13.0 Å². The van der Waals surface area contributed by atoms with Crippen molar-refractivity contribution < 1.29 is 10.2 Å². The van der Waals surface area contributed by atoms with Gasteiger partial charge in [-0.3, -0.25) is 0 Å². The van der Waals surface area contributed by atoms with Crippen molar-refractivity contribution in [1.29, 1.82) is 0 Å². The molecule has 0 saturated heterocycles. The number of hydrogen-bond donors (Lipinski definition) is 2. The molecular formula is C9H11O2. The molecule has 0 aliphatic carbocycles. The summed E-state index contributed by atoms with van der Waals surface area (Å²) in [6.45, 7) is 3.19. The molecule has 1 radical (unpaired) electrons. The zero-order valence-corrected chi connectivity index (χ0v) is 6.63. The van der Waals surface area contributed by atoms with Gasteiger partial charge in [-0.2, -0.15) is 0 Å². The van der Waals surface area contributed by atoms with E-state index >= 15 is 0 Å². The van der Waals surface area contributed by atoms with Crippen molar-refractivity contribution in [3.63, 3.8) is 0 Å². The summed E-state index contributed by atoms with van der Waals surface area (Å²) in [6, 6.07) is 7.92. The zero-order valence-electron chi connectivity index (χ0n) is 6.63. The van der Waals surface area contributed by atoms with Crippen LogP contribution in [0.15, 0.2) is 18.2 Å². The van der Waals surface area contributed by atoms with E-state index in [0.29, 0.717) is 5.56 Å². The maximum absolute atomic E-state index is 9.16. The highest BCUT2D eigenvalue weighted by molar-refractivity contribution is 5.23. The Morgan fingerprint density at radius 1 is 1.45 bits per heavy atom. The van der Waals surface area contributed by atoms with Crippen LogP contribution in [0.25, 0.3) is 0 Å². The summed E-state index contributed by atoms with van der Waals surface area (Å²) in [6.07, 6.45) is 0. The Bertz CT molecular complexity index is 248. The second-order valence-corrected chi connectivity index (χ2v) is 2.78. The van der Waals surface area contributed by atoms with Crippen LogP contribution >= 0.6 is 0 Å². The van der Waals surface area contributed by atoms with E-state index in [1.54, 1.807) is 18.2 Å². The van der Waals surface area contributed by atoms with Crippen molar-refractivity contribution in [1.82, 2.24) is 0 Å². The SMILES string of the molecule is Cc1[c]ccc(C(C)(O)O)c1. The molecule has 0 saturated carbocycles. The van der Waals surface area contributed by atoms with Gasteiger partial charge in [-0.25, -0.2) is 0 Å². The third-order valence-electron chi connectivity index (χ3n) is 1.49. The van der Waals surface area contributed by atoms with E-state index in [2.05, 4.69) is 6.07 Å². The standard InChI is InChI=1S/C9H11O2/c1-7-4-3-5-8(6-7)9(2,10)11/h3,5-6,10-11H,1-2H3. The second-order valence-electron chi connectivity index (χ2n) is 2.78. The van der Waals surface area contributed by atoms with E-state index in [0.717, 1.165) is 5.56 Å². The van der Waals surface area contributed by atoms with Gasteiger partial charge in [0.2, 0.25) is 0 Å². The Morgan fingerprint density at radius 3 is 2.45 bits per heavy atom. The summed E-state index contributed by atoms with van der Waals surface area (Å²) in [5.74, 6) is -1.74. The van der Waals surface area contributed by atoms with E-state index in [-0.39, 0.29) is 0 Å². The lowest BCUT2D eigenvalue weighted by Gasteiger charge is -2.16.